The zero-order chi connectivity index (χ0) is 17.6. The standard InChI is InChI=1S/C16H24N4O2S2/c1-3-8-17-16(23)18-13-14-4-6-15(7-5-14)24(21,22)20-11-9-19(2)10-12-20/h3-7H,1,8-13H2,2H3,(H2,17,18,23). The highest BCUT2D eigenvalue weighted by Crippen LogP contribution is 2.18. The molecule has 8 heteroatoms. The van der Waals surface area contributed by atoms with Gasteiger partial charge in [-0.1, -0.05) is 18.2 Å². The Labute approximate surface area is 149 Å². The second-order valence-corrected chi connectivity index (χ2v) is 8.05. The van der Waals surface area contributed by atoms with E-state index < -0.39 is 10.0 Å². The molecule has 1 fully saturated rings. The van der Waals surface area contributed by atoms with Gasteiger partial charge in [-0.25, -0.2) is 8.42 Å². The van der Waals surface area contributed by atoms with Gasteiger partial charge in [0.15, 0.2) is 5.11 Å². The van der Waals surface area contributed by atoms with E-state index in [1.807, 2.05) is 19.2 Å². The lowest BCUT2D eigenvalue weighted by atomic mass is 10.2. The molecule has 0 aliphatic carbocycles. The molecule has 0 saturated carbocycles. The summed E-state index contributed by atoms with van der Waals surface area (Å²) in [6.07, 6.45) is 1.73. The Morgan fingerprint density at radius 2 is 1.83 bits per heavy atom. The van der Waals surface area contributed by atoms with Crippen LogP contribution in [0, 0.1) is 0 Å². The second-order valence-electron chi connectivity index (χ2n) is 5.70. The fraction of sp³-hybridized carbons (Fsp3) is 0.438. The van der Waals surface area contributed by atoms with Crippen LogP contribution >= 0.6 is 12.2 Å². The van der Waals surface area contributed by atoms with Crippen LogP contribution in [-0.2, 0) is 16.6 Å². The largest absolute Gasteiger partial charge is 0.359 e. The van der Waals surface area contributed by atoms with Crippen LogP contribution in [0.4, 0.5) is 0 Å². The van der Waals surface area contributed by atoms with E-state index >= 15 is 0 Å². The van der Waals surface area contributed by atoms with Crippen LogP contribution in [-0.4, -0.2) is 62.5 Å². The number of rotatable bonds is 6. The molecule has 1 aliphatic rings. The molecule has 24 heavy (non-hydrogen) atoms. The molecule has 0 radical (unpaired) electrons. The fourth-order valence-corrected chi connectivity index (χ4v) is 3.94. The van der Waals surface area contributed by atoms with E-state index in [9.17, 15) is 8.42 Å². The molecule has 1 aromatic carbocycles. The molecule has 1 aromatic rings. The summed E-state index contributed by atoms with van der Waals surface area (Å²) in [5.74, 6) is 0. The lowest BCUT2D eigenvalue weighted by Crippen LogP contribution is -2.47. The van der Waals surface area contributed by atoms with E-state index in [-0.39, 0.29) is 0 Å². The van der Waals surface area contributed by atoms with Gasteiger partial charge in [0.1, 0.15) is 0 Å². The molecule has 0 unspecified atom stereocenters. The Kier molecular flexibility index (Phi) is 6.73. The van der Waals surface area contributed by atoms with Crippen molar-refractivity contribution in [3.63, 3.8) is 0 Å². The molecule has 0 atom stereocenters. The number of hydrogen-bond donors (Lipinski definition) is 2. The van der Waals surface area contributed by atoms with Gasteiger partial charge in [-0.05, 0) is 37.0 Å². The third kappa shape index (κ3) is 5.01. The molecule has 1 aliphatic heterocycles. The first-order valence-electron chi connectivity index (χ1n) is 7.83. The van der Waals surface area contributed by atoms with Crippen LogP contribution in [0.3, 0.4) is 0 Å². The summed E-state index contributed by atoms with van der Waals surface area (Å²) in [5, 5.41) is 6.59. The summed E-state index contributed by atoms with van der Waals surface area (Å²) in [6, 6.07) is 6.94. The minimum absolute atomic E-state index is 0.336. The zero-order valence-corrected chi connectivity index (χ0v) is 15.5. The van der Waals surface area contributed by atoms with Gasteiger partial charge in [0, 0.05) is 39.3 Å². The first-order chi connectivity index (χ1) is 11.4. The van der Waals surface area contributed by atoms with Crippen molar-refractivity contribution in [3.05, 3.63) is 42.5 Å². The molecular formula is C16H24N4O2S2. The zero-order valence-electron chi connectivity index (χ0n) is 13.9. The van der Waals surface area contributed by atoms with E-state index in [0.717, 1.165) is 18.7 Å². The fourth-order valence-electron chi connectivity index (χ4n) is 2.37. The van der Waals surface area contributed by atoms with Crippen molar-refractivity contribution in [2.75, 3.05) is 39.8 Å². The van der Waals surface area contributed by atoms with Gasteiger partial charge in [0.05, 0.1) is 4.90 Å². The maximum atomic E-state index is 12.6. The minimum atomic E-state index is -3.41. The Morgan fingerprint density at radius 1 is 1.21 bits per heavy atom. The molecule has 2 rings (SSSR count). The van der Waals surface area contributed by atoms with Gasteiger partial charge in [-0.15, -0.1) is 6.58 Å². The smallest absolute Gasteiger partial charge is 0.243 e. The van der Waals surface area contributed by atoms with E-state index in [0.29, 0.717) is 36.2 Å². The Morgan fingerprint density at radius 3 is 2.42 bits per heavy atom. The lowest BCUT2D eigenvalue weighted by molar-refractivity contribution is 0.222. The van der Waals surface area contributed by atoms with Gasteiger partial charge in [0.2, 0.25) is 10.0 Å². The van der Waals surface area contributed by atoms with Crippen LogP contribution in [0.5, 0.6) is 0 Å². The van der Waals surface area contributed by atoms with Gasteiger partial charge in [-0.3, -0.25) is 0 Å². The van der Waals surface area contributed by atoms with Crippen LogP contribution in [0.1, 0.15) is 5.56 Å². The molecular weight excluding hydrogens is 344 g/mol. The predicted molar refractivity (Wildman–Crippen MR) is 100 cm³/mol. The van der Waals surface area contributed by atoms with Crippen molar-refractivity contribution < 1.29 is 8.42 Å². The molecule has 0 bridgehead atoms. The third-order valence-electron chi connectivity index (χ3n) is 3.88. The Balaban J connectivity index is 1.95. The average molecular weight is 369 g/mol. The maximum absolute atomic E-state index is 12.6. The number of hydrogen-bond acceptors (Lipinski definition) is 4. The van der Waals surface area contributed by atoms with E-state index in [4.69, 9.17) is 12.2 Å². The topological polar surface area (TPSA) is 64.7 Å². The summed E-state index contributed by atoms with van der Waals surface area (Å²) in [7, 11) is -1.41. The van der Waals surface area contributed by atoms with E-state index in [2.05, 4.69) is 22.1 Å². The number of nitrogens with one attached hydrogen (secondary N) is 2. The Bertz CT molecular complexity index is 666. The van der Waals surface area contributed by atoms with Gasteiger partial charge < -0.3 is 15.5 Å². The normalized spacial score (nSPS) is 16.5. The predicted octanol–water partition coefficient (Wildman–Crippen LogP) is 0.773. The van der Waals surface area contributed by atoms with Gasteiger partial charge in [0.25, 0.3) is 0 Å². The number of benzene rings is 1. The summed E-state index contributed by atoms with van der Waals surface area (Å²) < 4.78 is 26.8. The minimum Gasteiger partial charge on any atom is -0.359 e. The maximum Gasteiger partial charge on any atom is 0.243 e. The second kappa shape index (κ2) is 8.57. The number of likely N-dealkylation sites (N-methyl/N-ethyl adjacent to an activating group) is 1. The van der Waals surface area contributed by atoms with Crippen molar-refractivity contribution in [2.45, 2.75) is 11.4 Å². The Hall–Kier alpha value is -1.48. The molecule has 132 valence electrons. The van der Waals surface area contributed by atoms with E-state index in [1.165, 1.54) is 0 Å². The number of thiocarbonyl (C=S) groups is 1. The monoisotopic (exact) mass is 368 g/mol. The molecule has 1 heterocycles. The molecule has 2 N–H and O–H groups in total. The van der Waals surface area contributed by atoms with Crippen molar-refractivity contribution in [3.8, 4) is 0 Å². The summed E-state index contributed by atoms with van der Waals surface area (Å²) >= 11 is 5.12. The molecule has 6 nitrogen and oxygen atoms in total. The average Bonchev–Trinajstić information content (AvgIpc) is 2.59. The third-order valence-corrected chi connectivity index (χ3v) is 6.08. The summed E-state index contributed by atoms with van der Waals surface area (Å²) in [6.45, 7) is 7.34. The number of piperazine rings is 1. The number of nitrogens with zero attached hydrogens (tertiary/aromatic N) is 2. The summed E-state index contributed by atoms with van der Waals surface area (Å²) in [4.78, 5) is 2.47. The van der Waals surface area contributed by atoms with Crippen molar-refractivity contribution in [2.24, 2.45) is 0 Å². The van der Waals surface area contributed by atoms with E-state index in [1.54, 1.807) is 22.5 Å². The van der Waals surface area contributed by atoms with Gasteiger partial charge in [-0.2, -0.15) is 4.31 Å². The van der Waals surface area contributed by atoms with Crippen LogP contribution in [0.2, 0.25) is 0 Å². The molecule has 0 amide bonds. The summed E-state index contributed by atoms with van der Waals surface area (Å²) in [5.41, 5.74) is 0.968. The number of sulfonamides is 1. The first-order valence-corrected chi connectivity index (χ1v) is 9.68. The quantitative estimate of drug-likeness (QED) is 0.571. The molecule has 1 saturated heterocycles. The molecule has 0 spiro atoms. The van der Waals surface area contributed by atoms with Crippen molar-refractivity contribution >= 4 is 27.4 Å². The van der Waals surface area contributed by atoms with Crippen LogP contribution in [0.15, 0.2) is 41.8 Å². The van der Waals surface area contributed by atoms with Crippen LogP contribution < -0.4 is 10.6 Å². The highest BCUT2D eigenvalue weighted by atomic mass is 32.2. The lowest BCUT2D eigenvalue weighted by Gasteiger charge is -2.31. The highest BCUT2D eigenvalue weighted by molar-refractivity contribution is 7.89. The SMILES string of the molecule is C=CCNC(=S)NCc1ccc(S(=O)(=O)N2CCN(C)CC2)cc1. The van der Waals surface area contributed by atoms with Gasteiger partial charge >= 0.3 is 0 Å². The highest BCUT2D eigenvalue weighted by Gasteiger charge is 2.27. The molecule has 0 aromatic heterocycles. The first kappa shape index (κ1) is 18.9. The van der Waals surface area contributed by atoms with Crippen LogP contribution in [0.25, 0.3) is 0 Å². The van der Waals surface area contributed by atoms with Crippen molar-refractivity contribution in [1.29, 1.82) is 0 Å². The van der Waals surface area contributed by atoms with Crippen molar-refractivity contribution in [1.82, 2.24) is 19.8 Å².